The molecule has 0 spiro atoms. The van der Waals surface area contributed by atoms with Crippen LogP contribution in [0.5, 0.6) is 0 Å². The number of carbonyl (C=O) groups is 3. The average Bonchev–Trinajstić information content (AvgIpc) is 3.55. The van der Waals surface area contributed by atoms with Gasteiger partial charge in [0.05, 0.1) is 11.8 Å². The van der Waals surface area contributed by atoms with Crippen molar-refractivity contribution in [1.82, 2.24) is 20.7 Å². The van der Waals surface area contributed by atoms with Crippen LogP contribution in [0.1, 0.15) is 87.8 Å². The summed E-state index contributed by atoms with van der Waals surface area (Å²) in [5.41, 5.74) is -0.170. The van der Waals surface area contributed by atoms with E-state index in [2.05, 4.69) is 21.1 Å². The number of carbonyl (C=O) groups excluding carboxylic acids is 3. The number of aromatic nitrogens is 1. The SMILES string of the molecule is CC[C@H](C)[C@H](NC(=O)[C@H](CC1CCCCC1)NC(=O)c1ccno1)C(=O)N1CCCC(Nc2ccc(C(F)(F)F)cc2)C1. The lowest BCUT2D eigenvalue weighted by Gasteiger charge is -2.37. The van der Waals surface area contributed by atoms with Gasteiger partial charge in [0, 0.05) is 30.9 Å². The van der Waals surface area contributed by atoms with E-state index < -0.39 is 35.6 Å². The van der Waals surface area contributed by atoms with Crippen molar-refractivity contribution in [3.8, 4) is 0 Å². The van der Waals surface area contributed by atoms with Crippen molar-refractivity contribution in [2.45, 2.75) is 95.9 Å². The minimum Gasteiger partial charge on any atom is -0.381 e. The lowest BCUT2D eigenvalue weighted by atomic mass is 9.84. The molecule has 1 aliphatic heterocycles. The fourth-order valence-electron chi connectivity index (χ4n) is 5.97. The smallest absolute Gasteiger partial charge is 0.381 e. The van der Waals surface area contributed by atoms with Gasteiger partial charge in [-0.25, -0.2) is 0 Å². The summed E-state index contributed by atoms with van der Waals surface area (Å²) in [4.78, 5) is 42.1. The normalized spacial score (nSPS) is 20.1. The minimum absolute atomic E-state index is 0.0101. The first-order chi connectivity index (χ1) is 20.5. The Balaban J connectivity index is 1.43. The summed E-state index contributed by atoms with van der Waals surface area (Å²) in [6.45, 7) is 4.73. The predicted octanol–water partition coefficient (Wildman–Crippen LogP) is 5.40. The molecule has 4 atom stereocenters. The second-order valence-corrected chi connectivity index (χ2v) is 11.9. The van der Waals surface area contributed by atoms with Crippen molar-refractivity contribution in [1.29, 1.82) is 0 Å². The predicted molar refractivity (Wildman–Crippen MR) is 155 cm³/mol. The third-order valence-electron chi connectivity index (χ3n) is 8.67. The number of amides is 3. The number of hydrogen-bond donors (Lipinski definition) is 3. The van der Waals surface area contributed by atoms with Gasteiger partial charge >= 0.3 is 6.18 Å². The third-order valence-corrected chi connectivity index (χ3v) is 8.67. The number of piperidine rings is 1. The van der Waals surface area contributed by atoms with Crippen molar-refractivity contribution in [2.24, 2.45) is 11.8 Å². The van der Waals surface area contributed by atoms with Crippen LogP contribution >= 0.6 is 0 Å². The van der Waals surface area contributed by atoms with E-state index in [0.717, 1.165) is 50.7 Å². The number of nitrogens with one attached hydrogen (secondary N) is 3. The molecule has 2 aliphatic rings. The number of hydrogen-bond acceptors (Lipinski definition) is 6. The Kier molecular flexibility index (Phi) is 11.1. The van der Waals surface area contributed by atoms with Crippen LogP contribution < -0.4 is 16.0 Å². The maximum absolute atomic E-state index is 13.9. The van der Waals surface area contributed by atoms with Crippen LogP contribution in [-0.2, 0) is 15.8 Å². The maximum atomic E-state index is 13.9. The highest BCUT2D eigenvalue weighted by Crippen LogP contribution is 2.30. The quantitative estimate of drug-likeness (QED) is 0.316. The molecule has 43 heavy (non-hydrogen) atoms. The molecule has 236 valence electrons. The largest absolute Gasteiger partial charge is 0.416 e. The zero-order valence-electron chi connectivity index (χ0n) is 24.8. The van der Waals surface area contributed by atoms with Crippen LogP contribution in [0, 0.1) is 11.8 Å². The van der Waals surface area contributed by atoms with E-state index >= 15 is 0 Å². The van der Waals surface area contributed by atoms with Gasteiger partial charge in [0.1, 0.15) is 12.1 Å². The lowest BCUT2D eigenvalue weighted by Crippen LogP contribution is -2.58. The highest BCUT2D eigenvalue weighted by Gasteiger charge is 2.36. The maximum Gasteiger partial charge on any atom is 0.416 e. The first-order valence-electron chi connectivity index (χ1n) is 15.3. The van der Waals surface area contributed by atoms with E-state index in [1.807, 2.05) is 13.8 Å². The van der Waals surface area contributed by atoms with E-state index in [1.165, 1.54) is 24.4 Å². The van der Waals surface area contributed by atoms with E-state index in [4.69, 9.17) is 4.52 Å². The molecule has 1 aromatic heterocycles. The fourth-order valence-corrected chi connectivity index (χ4v) is 5.97. The molecule has 0 bridgehead atoms. The molecule has 2 fully saturated rings. The Labute approximate surface area is 250 Å². The van der Waals surface area contributed by atoms with Crippen LogP contribution in [0.3, 0.4) is 0 Å². The summed E-state index contributed by atoms with van der Waals surface area (Å²) < 4.78 is 43.8. The number of alkyl halides is 3. The van der Waals surface area contributed by atoms with Gasteiger partial charge in [-0.15, -0.1) is 0 Å². The number of anilines is 1. The van der Waals surface area contributed by atoms with Crippen LogP contribution in [-0.4, -0.2) is 59.0 Å². The van der Waals surface area contributed by atoms with E-state index in [0.29, 0.717) is 38.0 Å². The molecule has 3 N–H and O–H groups in total. The van der Waals surface area contributed by atoms with E-state index in [-0.39, 0.29) is 29.5 Å². The third kappa shape index (κ3) is 8.96. The molecule has 1 unspecified atom stereocenters. The zero-order chi connectivity index (χ0) is 31.0. The van der Waals surface area contributed by atoms with Crippen LogP contribution in [0.25, 0.3) is 0 Å². The molecular formula is C31H42F3N5O4. The van der Waals surface area contributed by atoms with Gasteiger partial charge in [-0.3, -0.25) is 14.4 Å². The van der Waals surface area contributed by atoms with E-state index in [9.17, 15) is 27.6 Å². The summed E-state index contributed by atoms with van der Waals surface area (Å²) in [6, 6.07) is 4.51. The van der Waals surface area contributed by atoms with Gasteiger partial charge in [-0.05, 0) is 55.4 Å². The lowest BCUT2D eigenvalue weighted by molar-refractivity contribution is -0.139. The summed E-state index contributed by atoms with van der Waals surface area (Å²) in [7, 11) is 0. The standard InChI is InChI=1S/C31H42F3N5O4/c1-3-20(2)27(30(42)39-17-7-10-24(19-39)36-23-13-11-22(12-14-23)31(32,33)34)38-28(40)25(18-21-8-5-4-6-9-21)37-29(41)26-15-16-35-43-26/h11-16,20-21,24-25,27,36H,3-10,17-19H2,1-2H3,(H,37,41)(H,38,40)/t20-,24?,25-,27-/m0/s1. The molecule has 1 aromatic carbocycles. The molecule has 4 rings (SSSR count). The molecule has 1 saturated heterocycles. The fraction of sp³-hybridized carbons (Fsp3) is 0.613. The van der Waals surface area contributed by atoms with Crippen LogP contribution in [0.15, 0.2) is 41.1 Å². The zero-order valence-corrected chi connectivity index (χ0v) is 24.8. The highest BCUT2D eigenvalue weighted by molar-refractivity contribution is 5.96. The Morgan fingerprint density at radius 2 is 1.74 bits per heavy atom. The summed E-state index contributed by atoms with van der Waals surface area (Å²) in [5.74, 6) is -1.02. The molecular weight excluding hydrogens is 563 g/mol. The Bertz CT molecular complexity index is 1200. The number of benzene rings is 1. The summed E-state index contributed by atoms with van der Waals surface area (Å²) in [5, 5.41) is 12.6. The first kappa shape index (κ1) is 32.3. The minimum atomic E-state index is -4.41. The van der Waals surface area contributed by atoms with Gasteiger partial charge in [0.15, 0.2) is 0 Å². The van der Waals surface area contributed by atoms with Crippen molar-refractivity contribution in [2.75, 3.05) is 18.4 Å². The van der Waals surface area contributed by atoms with Crippen molar-refractivity contribution >= 4 is 23.4 Å². The molecule has 12 heteroatoms. The van der Waals surface area contributed by atoms with Crippen molar-refractivity contribution in [3.05, 3.63) is 47.9 Å². The summed E-state index contributed by atoms with van der Waals surface area (Å²) >= 11 is 0. The topological polar surface area (TPSA) is 117 Å². The van der Waals surface area contributed by atoms with Gasteiger partial charge in [0.25, 0.3) is 5.91 Å². The molecule has 1 saturated carbocycles. The van der Waals surface area contributed by atoms with Crippen molar-refractivity contribution < 1.29 is 32.1 Å². The van der Waals surface area contributed by atoms with E-state index in [1.54, 1.807) is 4.90 Å². The number of halogens is 3. The molecule has 2 aromatic rings. The van der Waals surface area contributed by atoms with Crippen molar-refractivity contribution in [3.63, 3.8) is 0 Å². The number of likely N-dealkylation sites (tertiary alicyclic amines) is 1. The second kappa shape index (κ2) is 14.7. The Hall–Kier alpha value is -3.57. The average molecular weight is 606 g/mol. The molecule has 1 aliphatic carbocycles. The number of rotatable bonds is 11. The monoisotopic (exact) mass is 605 g/mol. The van der Waals surface area contributed by atoms with Gasteiger partial charge < -0.3 is 25.4 Å². The summed E-state index contributed by atoms with van der Waals surface area (Å²) in [6.07, 6.45) is 4.83. The molecule has 2 heterocycles. The van der Waals surface area contributed by atoms with Gasteiger partial charge in [0.2, 0.25) is 17.6 Å². The molecule has 3 amide bonds. The molecule has 9 nitrogen and oxygen atoms in total. The van der Waals surface area contributed by atoms with Gasteiger partial charge in [-0.2, -0.15) is 13.2 Å². The Morgan fingerprint density at radius 3 is 2.37 bits per heavy atom. The number of nitrogens with zero attached hydrogens (tertiary/aromatic N) is 2. The first-order valence-corrected chi connectivity index (χ1v) is 15.3. The Morgan fingerprint density at radius 1 is 1.02 bits per heavy atom. The van der Waals surface area contributed by atoms with Crippen LogP contribution in [0.2, 0.25) is 0 Å². The van der Waals surface area contributed by atoms with Crippen LogP contribution in [0.4, 0.5) is 18.9 Å². The molecule has 0 radical (unpaired) electrons. The van der Waals surface area contributed by atoms with Gasteiger partial charge in [-0.1, -0.05) is 57.5 Å². The highest BCUT2D eigenvalue weighted by atomic mass is 19.4. The second-order valence-electron chi connectivity index (χ2n) is 11.9.